The van der Waals surface area contributed by atoms with Gasteiger partial charge in [-0.2, -0.15) is 23.3 Å². The Labute approximate surface area is 134 Å². The fraction of sp³-hybridized carbons (Fsp3) is 0.400. The van der Waals surface area contributed by atoms with Gasteiger partial charge in [0.15, 0.2) is 0 Å². The SMILES string of the molecule is COc1nc(N2CC3(CC3)n3nccc3C2=O)ccc1C(F)(F)F. The smallest absolute Gasteiger partial charge is 0.421 e. The van der Waals surface area contributed by atoms with E-state index in [1.165, 1.54) is 11.0 Å². The third-order valence-corrected chi connectivity index (χ3v) is 4.46. The van der Waals surface area contributed by atoms with Gasteiger partial charge in [0.25, 0.3) is 5.91 Å². The number of carbonyl (C=O) groups excluding carboxylic acids is 1. The summed E-state index contributed by atoms with van der Waals surface area (Å²) in [6, 6.07) is 3.70. The molecule has 1 fully saturated rings. The number of carbonyl (C=O) groups is 1. The lowest BCUT2D eigenvalue weighted by atomic mass is 10.1. The Morgan fingerprint density at radius 1 is 1.25 bits per heavy atom. The lowest BCUT2D eigenvalue weighted by Crippen LogP contribution is -2.48. The standard InChI is InChI=1S/C15H13F3N4O2/c1-24-12-9(15(16,17)18)2-3-11(20-12)21-8-14(5-6-14)22-10(13(21)23)4-7-19-22/h2-4,7H,5-6,8H2,1H3. The number of fused-ring (bicyclic) bond motifs is 2. The second-order valence-electron chi connectivity index (χ2n) is 5.97. The second kappa shape index (κ2) is 4.71. The molecule has 0 radical (unpaired) electrons. The summed E-state index contributed by atoms with van der Waals surface area (Å²) in [5.41, 5.74) is -0.825. The Morgan fingerprint density at radius 2 is 2.00 bits per heavy atom. The van der Waals surface area contributed by atoms with Gasteiger partial charge < -0.3 is 4.74 Å². The van der Waals surface area contributed by atoms with E-state index < -0.39 is 17.6 Å². The zero-order valence-electron chi connectivity index (χ0n) is 12.7. The first-order valence-electron chi connectivity index (χ1n) is 7.34. The van der Waals surface area contributed by atoms with Gasteiger partial charge in [-0.1, -0.05) is 0 Å². The Balaban J connectivity index is 1.76. The number of aromatic nitrogens is 3. The largest absolute Gasteiger partial charge is 0.481 e. The highest BCUT2D eigenvalue weighted by Gasteiger charge is 2.53. The van der Waals surface area contributed by atoms with Crippen LogP contribution in [0.5, 0.6) is 5.88 Å². The number of alkyl halides is 3. The highest BCUT2D eigenvalue weighted by atomic mass is 19.4. The molecule has 9 heteroatoms. The summed E-state index contributed by atoms with van der Waals surface area (Å²) in [5, 5.41) is 4.21. The maximum Gasteiger partial charge on any atom is 0.421 e. The summed E-state index contributed by atoms with van der Waals surface area (Å²) in [6.45, 7) is 0.335. The Morgan fingerprint density at radius 3 is 2.62 bits per heavy atom. The van der Waals surface area contributed by atoms with E-state index in [1.54, 1.807) is 16.9 Å². The molecule has 1 spiro atoms. The summed E-state index contributed by atoms with van der Waals surface area (Å²) in [5.74, 6) is -0.736. The molecule has 6 nitrogen and oxygen atoms in total. The maximum absolute atomic E-state index is 13.0. The average Bonchev–Trinajstić information content (AvgIpc) is 3.13. The van der Waals surface area contributed by atoms with Crippen LogP contribution < -0.4 is 9.64 Å². The van der Waals surface area contributed by atoms with Crippen LogP contribution in [0, 0.1) is 0 Å². The van der Waals surface area contributed by atoms with Crippen LogP contribution in [0.25, 0.3) is 0 Å². The fourth-order valence-corrected chi connectivity index (χ4v) is 3.07. The highest BCUT2D eigenvalue weighted by Crippen LogP contribution is 2.47. The first-order valence-corrected chi connectivity index (χ1v) is 7.34. The number of hydrogen-bond donors (Lipinski definition) is 0. The topological polar surface area (TPSA) is 60.2 Å². The average molecular weight is 338 g/mol. The van der Waals surface area contributed by atoms with Crippen molar-refractivity contribution in [3.63, 3.8) is 0 Å². The molecular formula is C15H13F3N4O2. The highest BCUT2D eigenvalue weighted by molar-refractivity contribution is 6.05. The predicted molar refractivity (Wildman–Crippen MR) is 76.9 cm³/mol. The minimum Gasteiger partial charge on any atom is -0.481 e. The van der Waals surface area contributed by atoms with E-state index in [4.69, 9.17) is 4.74 Å². The van der Waals surface area contributed by atoms with Crippen LogP contribution in [0.15, 0.2) is 24.4 Å². The second-order valence-corrected chi connectivity index (χ2v) is 5.97. The maximum atomic E-state index is 13.0. The summed E-state index contributed by atoms with van der Waals surface area (Å²) in [6.07, 6.45) is -1.29. The zero-order valence-corrected chi connectivity index (χ0v) is 12.7. The van der Waals surface area contributed by atoms with Crippen molar-refractivity contribution in [2.45, 2.75) is 24.6 Å². The van der Waals surface area contributed by atoms with Crippen LogP contribution in [0.4, 0.5) is 19.0 Å². The number of rotatable bonds is 2. The number of ether oxygens (including phenoxy) is 1. The monoisotopic (exact) mass is 338 g/mol. The van der Waals surface area contributed by atoms with Gasteiger partial charge >= 0.3 is 6.18 Å². The third-order valence-electron chi connectivity index (χ3n) is 4.46. The van der Waals surface area contributed by atoms with E-state index in [2.05, 4.69) is 10.1 Å². The van der Waals surface area contributed by atoms with Crippen molar-refractivity contribution < 1.29 is 22.7 Å². The van der Waals surface area contributed by atoms with Gasteiger partial charge in [0.2, 0.25) is 5.88 Å². The van der Waals surface area contributed by atoms with E-state index in [1.807, 2.05) is 0 Å². The first kappa shape index (κ1) is 15.0. The van der Waals surface area contributed by atoms with Gasteiger partial charge in [-0.05, 0) is 31.0 Å². The van der Waals surface area contributed by atoms with E-state index in [0.717, 1.165) is 26.0 Å². The molecule has 24 heavy (non-hydrogen) atoms. The number of methoxy groups -OCH3 is 1. The minimum atomic E-state index is -4.57. The number of pyridine rings is 1. The molecule has 2 aromatic rings. The van der Waals surface area contributed by atoms with Crippen molar-refractivity contribution in [3.05, 3.63) is 35.7 Å². The van der Waals surface area contributed by atoms with Crippen LogP contribution in [-0.4, -0.2) is 34.3 Å². The van der Waals surface area contributed by atoms with Crippen LogP contribution in [0.2, 0.25) is 0 Å². The molecule has 1 aliphatic carbocycles. The van der Waals surface area contributed by atoms with E-state index in [-0.39, 0.29) is 17.3 Å². The normalized spacial score (nSPS) is 18.7. The van der Waals surface area contributed by atoms with Crippen molar-refractivity contribution >= 4 is 11.7 Å². The van der Waals surface area contributed by atoms with Crippen molar-refractivity contribution in [1.82, 2.24) is 14.8 Å². The molecule has 1 aliphatic heterocycles. The van der Waals surface area contributed by atoms with E-state index in [9.17, 15) is 18.0 Å². The van der Waals surface area contributed by atoms with Crippen molar-refractivity contribution in [2.75, 3.05) is 18.6 Å². The first-order chi connectivity index (χ1) is 11.4. The molecule has 0 unspecified atom stereocenters. The van der Waals surface area contributed by atoms with Crippen LogP contribution in [0.3, 0.4) is 0 Å². The predicted octanol–water partition coefficient (Wildman–Crippen LogP) is 2.46. The molecule has 0 N–H and O–H groups in total. The summed E-state index contributed by atoms with van der Waals surface area (Å²) < 4.78 is 45.4. The molecule has 1 saturated carbocycles. The quantitative estimate of drug-likeness (QED) is 0.844. The third kappa shape index (κ3) is 2.07. The van der Waals surface area contributed by atoms with Crippen LogP contribution >= 0.6 is 0 Å². The molecule has 126 valence electrons. The van der Waals surface area contributed by atoms with Gasteiger partial charge in [-0.15, -0.1) is 0 Å². The molecular weight excluding hydrogens is 325 g/mol. The molecule has 1 amide bonds. The summed E-state index contributed by atoms with van der Waals surface area (Å²) in [7, 11) is 1.12. The molecule has 2 aromatic heterocycles. The van der Waals surface area contributed by atoms with E-state index in [0.29, 0.717) is 12.2 Å². The van der Waals surface area contributed by atoms with Gasteiger partial charge in [0.05, 0.1) is 19.2 Å². The van der Waals surface area contributed by atoms with Gasteiger partial charge in [-0.25, -0.2) is 0 Å². The lowest BCUT2D eigenvalue weighted by molar-refractivity contribution is -0.139. The lowest BCUT2D eigenvalue weighted by Gasteiger charge is -2.33. The molecule has 0 atom stereocenters. The molecule has 0 saturated heterocycles. The Kier molecular flexibility index (Phi) is 2.94. The Hall–Kier alpha value is -2.58. The zero-order chi connectivity index (χ0) is 17.1. The number of anilines is 1. The van der Waals surface area contributed by atoms with Gasteiger partial charge in [0.1, 0.15) is 17.1 Å². The number of nitrogens with zero attached hydrogens (tertiary/aromatic N) is 4. The molecule has 0 aromatic carbocycles. The number of halogens is 3. The van der Waals surface area contributed by atoms with Crippen LogP contribution in [0.1, 0.15) is 28.9 Å². The van der Waals surface area contributed by atoms with Crippen molar-refractivity contribution in [1.29, 1.82) is 0 Å². The molecule has 3 heterocycles. The van der Waals surface area contributed by atoms with Crippen molar-refractivity contribution in [3.8, 4) is 5.88 Å². The summed E-state index contributed by atoms with van der Waals surface area (Å²) >= 11 is 0. The van der Waals surface area contributed by atoms with Crippen molar-refractivity contribution in [2.24, 2.45) is 0 Å². The number of amides is 1. The Bertz CT molecular complexity index is 826. The molecule has 4 rings (SSSR count). The van der Waals surface area contributed by atoms with E-state index >= 15 is 0 Å². The minimum absolute atomic E-state index is 0.142. The van der Waals surface area contributed by atoms with Gasteiger partial charge in [-0.3, -0.25) is 14.4 Å². The molecule has 2 aliphatic rings. The van der Waals surface area contributed by atoms with Crippen LogP contribution in [-0.2, 0) is 11.7 Å². The summed E-state index contributed by atoms with van der Waals surface area (Å²) in [4.78, 5) is 17.9. The van der Waals surface area contributed by atoms with Gasteiger partial charge in [0, 0.05) is 6.20 Å². The molecule has 0 bridgehead atoms. The number of hydrogen-bond acceptors (Lipinski definition) is 4. The fourth-order valence-electron chi connectivity index (χ4n) is 3.07.